The van der Waals surface area contributed by atoms with Gasteiger partial charge in [-0.1, -0.05) is 50.1 Å². The van der Waals surface area contributed by atoms with Gasteiger partial charge in [0.25, 0.3) is 5.91 Å². The summed E-state index contributed by atoms with van der Waals surface area (Å²) < 4.78 is 0. The van der Waals surface area contributed by atoms with Gasteiger partial charge in [-0.15, -0.1) is 0 Å². The van der Waals surface area contributed by atoms with Gasteiger partial charge in [-0.05, 0) is 42.9 Å². The molecule has 1 aromatic rings. The largest absolute Gasteiger partial charge is 0.348 e. The van der Waals surface area contributed by atoms with Gasteiger partial charge in [-0.2, -0.15) is 0 Å². The molecule has 1 fully saturated rings. The predicted octanol–water partition coefficient (Wildman–Crippen LogP) is 2.44. The topological polar surface area (TPSA) is 33.5 Å². The van der Waals surface area contributed by atoms with Gasteiger partial charge >= 0.3 is 0 Å². The van der Waals surface area contributed by atoms with Crippen LogP contribution in [0, 0.1) is 5.92 Å². The van der Waals surface area contributed by atoms with Crippen LogP contribution in [-0.4, -0.2) is 31.1 Å². The number of benzene rings is 1. The van der Waals surface area contributed by atoms with Crippen LogP contribution in [0.15, 0.2) is 36.4 Å². The van der Waals surface area contributed by atoms with Crippen molar-refractivity contribution in [3.63, 3.8) is 0 Å². The molecule has 1 aromatic carbocycles. The average Bonchev–Trinajstić information content (AvgIpc) is 2.64. The Balaban J connectivity index is 1.55. The first-order chi connectivity index (χ1) is 11.6. The number of nitrogens with one attached hydrogen (secondary N) is 2. The highest BCUT2D eigenvalue weighted by Crippen LogP contribution is 2.23. The Labute approximate surface area is 146 Å². The normalized spacial score (nSPS) is 28.8. The average molecular weight is 327 g/mol. The Morgan fingerprint density at radius 2 is 1.96 bits per heavy atom. The first kappa shape index (κ1) is 17.2. The minimum atomic E-state index is 0.0349. The summed E-state index contributed by atoms with van der Waals surface area (Å²) in [6, 6.07) is 11.0. The molecule has 130 valence electrons. The molecule has 2 N–H and O–H groups in total. The summed E-state index contributed by atoms with van der Waals surface area (Å²) in [4.78, 5) is 14.0. The molecule has 3 heteroatoms. The molecule has 0 aromatic heterocycles. The molecule has 0 saturated heterocycles. The second kappa shape index (κ2) is 7.98. The lowest BCUT2D eigenvalue weighted by Gasteiger charge is -2.33. The minimum absolute atomic E-state index is 0.0349. The van der Waals surface area contributed by atoms with Crippen molar-refractivity contribution in [3.05, 3.63) is 42.0 Å². The minimum Gasteiger partial charge on any atom is -0.348 e. The number of amides is 1. The molecule has 1 aliphatic heterocycles. The third-order valence-corrected chi connectivity index (χ3v) is 5.92. The summed E-state index contributed by atoms with van der Waals surface area (Å²) in [7, 11) is 0. The Kier molecular flexibility index (Phi) is 5.72. The van der Waals surface area contributed by atoms with E-state index in [0.717, 1.165) is 25.9 Å². The van der Waals surface area contributed by atoms with Gasteiger partial charge in [0.2, 0.25) is 0 Å². The van der Waals surface area contributed by atoms with Gasteiger partial charge in [0.05, 0.1) is 13.1 Å². The van der Waals surface area contributed by atoms with Crippen LogP contribution in [0.4, 0.5) is 0 Å². The molecule has 1 heterocycles. The quantitative estimate of drug-likeness (QED) is 0.875. The second-order valence-electron chi connectivity index (χ2n) is 7.56. The highest BCUT2D eigenvalue weighted by molar-refractivity contribution is 5.80. The fourth-order valence-electron chi connectivity index (χ4n) is 4.09. The Morgan fingerprint density at radius 1 is 1.21 bits per heavy atom. The molecule has 1 amide bonds. The maximum absolute atomic E-state index is 12.7. The van der Waals surface area contributed by atoms with E-state index in [1.807, 2.05) is 0 Å². The number of hydrogen-bond donors (Lipinski definition) is 2. The van der Waals surface area contributed by atoms with E-state index < -0.39 is 0 Å². The first-order valence-electron chi connectivity index (χ1n) is 9.54. The van der Waals surface area contributed by atoms with Crippen LogP contribution in [0.2, 0.25) is 0 Å². The number of rotatable bonds is 4. The molecule has 3 rings (SSSR count). The highest BCUT2D eigenvalue weighted by atomic mass is 16.2. The zero-order valence-electron chi connectivity index (χ0n) is 15.1. The number of quaternary nitrogens is 1. The van der Waals surface area contributed by atoms with E-state index in [2.05, 4.69) is 55.6 Å². The third-order valence-electron chi connectivity index (χ3n) is 5.92. The lowest BCUT2D eigenvalue weighted by molar-refractivity contribution is -0.909. The van der Waals surface area contributed by atoms with E-state index in [0.29, 0.717) is 12.0 Å². The molecule has 0 bridgehead atoms. The summed E-state index contributed by atoms with van der Waals surface area (Å²) in [5.41, 5.74) is 2.75. The molecule has 0 radical (unpaired) electrons. The lowest BCUT2D eigenvalue weighted by atomic mass is 9.86. The van der Waals surface area contributed by atoms with Gasteiger partial charge in [0.1, 0.15) is 0 Å². The van der Waals surface area contributed by atoms with Crippen molar-refractivity contribution in [1.82, 2.24) is 5.32 Å². The fourth-order valence-corrected chi connectivity index (χ4v) is 4.09. The molecule has 1 unspecified atom stereocenters. The number of carbonyl (C=O) groups is 1. The first-order valence-corrected chi connectivity index (χ1v) is 9.54. The van der Waals surface area contributed by atoms with Crippen molar-refractivity contribution in [1.29, 1.82) is 0 Å². The Bertz CT molecular complexity index is 581. The lowest BCUT2D eigenvalue weighted by Crippen LogP contribution is -3.17. The maximum Gasteiger partial charge on any atom is 0.278 e. The number of carbonyl (C=O) groups excluding carboxylic acids is 1. The molecule has 24 heavy (non-hydrogen) atoms. The van der Waals surface area contributed by atoms with Crippen LogP contribution in [0.3, 0.4) is 0 Å². The standard InChI is InChI=1S/C21H30N2O/c1-16-8-6-7-11-20(16)22-21(24)17(2)23-14-12-19(13-15-23)18-9-4-3-5-10-18/h3-5,9-10,12,16-17,20H,6-8,11,13-15H2,1-2H3,(H,22,24)/p+1/t16-,17-,20-/m1/s1. The third kappa shape index (κ3) is 4.07. The SMILES string of the molecule is C[C@@H]1CCCC[C@H]1NC(=O)[C@@H](C)[NH+]1CC=C(c2ccccc2)CC1. The molecule has 1 aliphatic carbocycles. The second-order valence-corrected chi connectivity index (χ2v) is 7.56. The van der Waals surface area contributed by atoms with E-state index in [9.17, 15) is 4.79 Å². The monoisotopic (exact) mass is 327 g/mol. The van der Waals surface area contributed by atoms with Gasteiger partial charge in [0.15, 0.2) is 6.04 Å². The van der Waals surface area contributed by atoms with Crippen LogP contribution in [-0.2, 0) is 4.79 Å². The summed E-state index contributed by atoms with van der Waals surface area (Å²) in [5.74, 6) is 0.858. The van der Waals surface area contributed by atoms with Gasteiger partial charge < -0.3 is 10.2 Å². The van der Waals surface area contributed by atoms with Crippen molar-refractivity contribution in [2.45, 2.75) is 58.0 Å². The summed E-state index contributed by atoms with van der Waals surface area (Å²) in [6.07, 6.45) is 8.33. The van der Waals surface area contributed by atoms with E-state index in [4.69, 9.17) is 0 Å². The Hall–Kier alpha value is -1.61. The Morgan fingerprint density at radius 3 is 2.62 bits per heavy atom. The molecule has 1 saturated carbocycles. The van der Waals surface area contributed by atoms with Crippen molar-refractivity contribution in [3.8, 4) is 0 Å². The van der Waals surface area contributed by atoms with Gasteiger partial charge in [0, 0.05) is 12.5 Å². The van der Waals surface area contributed by atoms with Crippen LogP contribution < -0.4 is 10.2 Å². The van der Waals surface area contributed by atoms with Crippen molar-refractivity contribution in [2.75, 3.05) is 13.1 Å². The van der Waals surface area contributed by atoms with E-state index >= 15 is 0 Å². The highest BCUT2D eigenvalue weighted by Gasteiger charge is 2.30. The fraction of sp³-hybridized carbons (Fsp3) is 0.571. The molecular weight excluding hydrogens is 296 g/mol. The van der Waals surface area contributed by atoms with Crippen LogP contribution >= 0.6 is 0 Å². The molecular formula is C21H31N2O+. The van der Waals surface area contributed by atoms with Gasteiger partial charge in [-0.25, -0.2) is 0 Å². The van der Waals surface area contributed by atoms with Crippen LogP contribution in [0.1, 0.15) is 51.5 Å². The van der Waals surface area contributed by atoms with Crippen molar-refractivity contribution >= 4 is 11.5 Å². The zero-order chi connectivity index (χ0) is 16.9. The van der Waals surface area contributed by atoms with E-state index in [-0.39, 0.29) is 11.9 Å². The summed E-state index contributed by atoms with van der Waals surface area (Å²) >= 11 is 0. The smallest absolute Gasteiger partial charge is 0.278 e. The zero-order valence-corrected chi connectivity index (χ0v) is 15.1. The summed E-state index contributed by atoms with van der Waals surface area (Å²) in [5, 5.41) is 3.33. The molecule has 0 spiro atoms. The molecule has 3 nitrogen and oxygen atoms in total. The maximum atomic E-state index is 12.7. The van der Waals surface area contributed by atoms with Crippen LogP contribution in [0.5, 0.6) is 0 Å². The number of hydrogen-bond acceptors (Lipinski definition) is 1. The molecule has 4 atom stereocenters. The van der Waals surface area contributed by atoms with E-state index in [1.165, 1.54) is 35.3 Å². The predicted molar refractivity (Wildman–Crippen MR) is 98.8 cm³/mol. The van der Waals surface area contributed by atoms with E-state index in [1.54, 1.807) is 0 Å². The van der Waals surface area contributed by atoms with Gasteiger partial charge in [-0.3, -0.25) is 4.79 Å². The van der Waals surface area contributed by atoms with Crippen molar-refractivity contribution in [2.24, 2.45) is 5.92 Å². The van der Waals surface area contributed by atoms with Crippen molar-refractivity contribution < 1.29 is 9.69 Å². The summed E-state index contributed by atoms with van der Waals surface area (Å²) in [6.45, 7) is 6.34. The molecule has 2 aliphatic rings. The van der Waals surface area contributed by atoms with Crippen LogP contribution in [0.25, 0.3) is 5.57 Å².